The second-order valence-corrected chi connectivity index (χ2v) is 13.6. The monoisotopic (exact) mass is 762 g/mol. The highest BCUT2D eigenvalue weighted by Crippen LogP contribution is 2.42. The number of furan rings is 1. The quantitative estimate of drug-likeness (QED) is 0.127. The van der Waals surface area contributed by atoms with Gasteiger partial charge in [-0.25, -0.2) is 4.98 Å². The average molecular weight is 763 g/mol. The zero-order valence-corrected chi connectivity index (χ0v) is 31.4. The van der Waals surface area contributed by atoms with Gasteiger partial charge in [0.05, 0.1) is 31.0 Å². The van der Waals surface area contributed by atoms with Crippen molar-refractivity contribution < 1.29 is 37.9 Å². The van der Waals surface area contributed by atoms with Crippen LogP contribution in [-0.2, 0) is 23.1 Å². The lowest BCUT2D eigenvalue weighted by Crippen LogP contribution is -2.41. The molecule has 0 saturated heterocycles. The van der Waals surface area contributed by atoms with Gasteiger partial charge in [-0.15, -0.1) is 0 Å². The molecule has 0 saturated carbocycles. The predicted octanol–water partition coefficient (Wildman–Crippen LogP) is 4.11. The molecule has 2 aromatic heterocycles. The van der Waals surface area contributed by atoms with Crippen LogP contribution in [0, 0.1) is 0 Å². The molecule has 2 aliphatic rings. The van der Waals surface area contributed by atoms with E-state index < -0.39 is 11.8 Å². The molecular weight excluding hydrogens is 720 g/mol. The fourth-order valence-electron chi connectivity index (χ4n) is 7.02. The Morgan fingerprint density at radius 3 is 2.55 bits per heavy atom. The number of fused-ring (bicyclic) bond motifs is 5. The molecule has 0 fully saturated rings. The minimum absolute atomic E-state index is 0.0114. The molecule has 0 aliphatic carbocycles. The number of likely N-dealkylation sites (N-methyl/N-ethyl adjacent to an activating group) is 1. The molecule has 7 rings (SSSR count). The largest absolute Gasteiger partial charge is 0.493 e. The van der Waals surface area contributed by atoms with E-state index in [0.717, 1.165) is 23.4 Å². The number of imidazole rings is 1. The normalized spacial score (nSPS) is 14.4. The topological polar surface area (TPSA) is 189 Å². The number of methoxy groups -OCH3 is 1. The number of nitrogens with zero attached hydrogens (tertiary/aromatic N) is 4. The molecule has 0 unspecified atom stereocenters. The number of nitrogens with one attached hydrogen (secondary N) is 4. The summed E-state index contributed by atoms with van der Waals surface area (Å²) in [6.07, 6.45) is 2.99. The number of amides is 5. The van der Waals surface area contributed by atoms with Crippen LogP contribution in [0.2, 0.25) is 0 Å². The molecule has 0 radical (unpaired) electrons. The molecule has 1 atom stereocenters. The van der Waals surface area contributed by atoms with Crippen molar-refractivity contribution in [3.05, 3.63) is 89.6 Å². The summed E-state index contributed by atoms with van der Waals surface area (Å²) < 4.78 is 18.9. The number of carbonyl (C=O) groups excluding carboxylic acids is 5. The molecule has 4 heterocycles. The molecule has 0 spiro atoms. The van der Waals surface area contributed by atoms with Crippen molar-refractivity contribution in [3.63, 3.8) is 0 Å². The molecule has 5 aromatic rings. The molecule has 5 amide bonds. The first-order valence-corrected chi connectivity index (χ1v) is 18.2. The highest BCUT2D eigenvalue weighted by Gasteiger charge is 2.39. The highest BCUT2D eigenvalue weighted by atomic mass is 16.5. The second-order valence-electron chi connectivity index (χ2n) is 13.6. The van der Waals surface area contributed by atoms with Crippen LogP contribution < -0.4 is 40.5 Å². The summed E-state index contributed by atoms with van der Waals surface area (Å²) in [6, 6.07) is 18.2. The van der Waals surface area contributed by atoms with Gasteiger partial charge in [-0.1, -0.05) is 18.2 Å². The Hall–Kier alpha value is -6.84. The lowest BCUT2D eigenvalue weighted by atomic mass is 10.1. The van der Waals surface area contributed by atoms with Gasteiger partial charge in [0.15, 0.2) is 23.1 Å². The molecule has 56 heavy (non-hydrogen) atoms. The average Bonchev–Trinajstić information content (AvgIpc) is 3.88. The number of para-hydroxylation sites is 1. The van der Waals surface area contributed by atoms with E-state index in [-0.39, 0.29) is 67.2 Å². The number of rotatable bonds is 13. The molecule has 16 nitrogen and oxygen atoms in total. The molecule has 3 aromatic carbocycles. The van der Waals surface area contributed by atoms with Gasteiger partial charge in [0.1, 0.15) is 5.58 Å². The first kappa shape index (κ1) is 37.5. The maximum Gasteiger partial charge on any atom is 0.292 e. The van der Waals surface area contributed by atoms with Crippen LogP contribution in [0.1, 0.15) is 56.4 Å². The first-order chi connectivity index (χ1) is 27.0. The van der Waals surface area contributed by atoms with E-state index in [1.54, 1.807) is 37.4 Å². The zero-order chi connectivity index (χ0) is 39.5. The number of ether oxygens (including phenoxy) is 2. The smallest absolute Gasteiger partial charge is 0.292 e. The number of hydrogen-bond donors (Lipinski definition) is 4. The number of aryl methyl sites for hydroxylation is 1. The van der Waals surface area contributed by atoms with Gasteiger partial charge in [-0.05, 0) is 54.8 Å². The maximum atomic E-state index is 13.8. The predicted molar refractivity (Wildman–Crippen MR) is 209 cm³/mol. The summed E-state index contributed by atoms with van der Waals surface area (Å²) in [6.45, 7) is 1.03. The standard InChI is InChI=1S/C40H42N8O8/c1-41-35(49)13-14-42-39(52)37-44-34(22-47(37)3)45-38(51)33-18-24-16-25(11-12-30(24)56-33)43-36(50)10-7-15-55-32-20-29-27(19-31(32)54-4)40(53)48-26(21-46(29)2)17-23-8-5-6-9-28(23)48/h5-6,8-9,11-12,16,18-20,22,26H,7,10,13-15,17,21H2,1-4H3,(H,41,49)(H,42,52)(H,43,50)(H,45,51)/t26-/m0/s1. The van der Waals surface area contributed by atoms with Crippen molar-refractivity contribution in [3.8, 4) is 11.5 Å². The Morgan fingerprint density at radius 1 is 0.929 bits per heavy atom. The number of carbonyl (C=O) groups is 5. The van der Waals surface area contributed by atoms with Gasteiger partial charge in [0, 0.05) is 76.1 Å². The summed E-state index contributed by atoms with van der Waals surface area (Å²) in [7, 11) is 6.63. The van der Waals surface area contributed by atoms with Gasteiger partial charge in [-0.3, -0.25) is 24.0 Å². The van der Waals surface area contributed by atoms with Crippen LogP contribution in [-0.4, -0.2) is 86.0 Å². The van der Waals surface area contributed by atoms with Gasteiger partial charge in [-0.2, -0.15) is 0 Å². The van der Waals surface area contributed by atoms with Crippen LogP contribution in [0.25, 0.3) is 11.0 Å². The van der Waals surface area contributed by atoms with Gasteiger partial charge >= 0.3 is 0 Å². The molecule has 2 aliphatic heterocycles. The lowest BCUT2D eigenvalue weighted by Gasteiger charge is -2.25. The van der Waals surface area contributed by atoms with Crippen molar-refractivity contribution in [2.75, 3.05) is 61.3 Å². The van der Waals surface area contributed by atoms with Crippen LogP contribution >= 0.6 is 0 Å². The van der Waals surface area contributed by atoms with Crippen molar-refractivity contribution >= 4 is 63.4 Å². The molecule has 0 bridgehead atoms. The van der Waals surface area contributed by atoms with E-state index in [9.17, 15) is 24.0 Å². The zero-order valence-electron chi connectivity index (χ0n) is 31.4. The fourth-order valence-corrected chi connectivity index (χ4v) is 7.02. The number of anilines is 4. The highest BCUT2D eigenvalue weighted by molar-refractivity contribution is 6.12. The SMILES string of the molecule is CNC(=O)CCNC(=O)c1nc(NC(=O)c2cc3cc(NC(=O)CCCOc4cc5c(cc4OC)C(=O)N4c6ccccc6C[C@H]4CN5C)ccc3o2)cn1C. The van der Waals surface area contributed by atoms with E-state index in [2.05, 4.69) is 37.2 Å². The summed E-state index contributed by atoms with van der Waals surface area (Å²) in [5.74, 6) is -0.447. The summed E-state index contributed by atoms with van der Waals surface area (Å²) >= 11 is 0. The molecule has 16 heteroatoms. The van der Waals surface area contributed by atoms with Crippen molar-refractivity contribution in [2.24, 2.45) is 7.05 Å². The van der Waals surface area contributed by atoms with Gasteiger partial charge < -0.3 is 49.5 Å². The maximum absolute atomic E-state index is 13.8. The van der Waals surface area contributed by atoms with Crippen LogP contribution in [0.5, 0.6) is 11.5 Å². The van der Waals surface area contributed by atoms with E-state index in [0.29, 0.717) is 46.7 Å². The van der Waals surface area contributed by atoms with E-state index in [1.807, 2.05) is 36.2 Å². The number of benzene rings is 3. The third-order valence-electron chi connectivity index (χ3n) is 9.77. The molecule has 4 N–H and O–H groups in total. The van der Waals surface area contributed by atoms with Gasteiger partial charge in [0.25, 0.3) is 17.7 Å². The van der Waals surface area contributed by atoms with Crippen molar-refractivity contribution in [1.29, 1.82) is 0 Å². The first-order valence-electron chi connectivity index (χ1n) is 18.2. The lowest BCUT2D eigenvalue weighted by molar-refractivity contribution is -0.120. The Labute approximate surface area is 322 Å². The van der Waals surface area contributed by atoms with Crippen molar-refractivity contribution in [1.82, 2.24) is 20.2 Å². The minimum atomic E-state index is -0.577. The summed E-state index contributed by atoms with van der Waals surface area (Å²) in [5.41, 5.74) is 4.36. The summed E-state index contributed by atoms with van der Waals surface area (Å²) in [4.78, 5) is 71.8. The second kappa shape index (κ2) is 15.9. The molecular formula is C40H42N8O8. The van der Waals surface area contributed by atoms with Gasteiger partial charge in [0.2, 0.25) is 17.6 Å². The number of hydrogen-bond acceptors (Lipinski definition) is 10. The molecule has 290 valence electrons. The Bertz CT molecular complexity index is 2350. The Morgan fingerprint density at radius 2 is 1.75 bits per heavy atom. The fraction of sp³-hybridized carbons (Fsp3) is 0.300. The van der Waals surface area contributed by atoms with E-state index >= 15 is 0 Å². The Kier molecular flexibility index (Phi) is 10.6. The third-order valence-corrected chi connectivity index (χ3v) is 9.77. The van der Waals surface area contributed by atoms with Crippen LogP contribution in [0.3, 0.4) is 0 Å². The van der Waals surface area contributed by atoms with E-state index in [1.165, 1.54) is 24.9 Å². The third kappa shape index (κ3) is 7.71. The number of aromatic nitrogens is 2. The Balaban J connectivity index is 0.921. The van der Waals surface area contributed by atoms with Crippen LogP contribution in [0.15, 0.2) is 71.3 Å². The summed E-state index contributed by atoms with van der Waals surface area (Å²) in [5, 5.41) is 11.2. The van der Waals surface area contributed by atoms with Crippen molar-refractivity contribution in [2.45, 2.75) is 31.7 Å². The minimum Gasteiger partial charge on any atom is -0.493 e. The van der Waals surface area contributed by atoms with E-state index in [4.69, 9.17) is 13.9 Å². The van der Waals surface area contributed by atoms with Crippen LogP contribution in [0.4, 0.5) is 22.9 Å².